The summed E-state index contributed by atoms with van der Waals surface area (Å²) < 4.78 is 1.07. The largest absolute Gasteiger partial charge is 0.507 e. The first-order valence-corrected chi connectivity index (χ1v) is 9.75. The minimum atomic E-state index is 0.245. The van der Waals surface area contributed by atoms with Crippen LogP contribution in [0.5, 0.6) is 5.75 Å². The lowest BCUT2D eigenvalue weighted by Gasteiger charge is -2.16. The van der Waals surface area contributed by atoms with E-state index in [0.29, 0.717) is 0 Å². The van der Waals surface area contributed by atoms with Gasteiger partial charge < -0.3 is 5.11 Å². The third-order valence-electron chi connectivity index (χ3n) is 4.23. The van der Waals surface area contributed by atoms with Gasteiger partial charge in [0.1, 0.15) is 5.75 Å². The standard InChI is InChI=1S/C21H16BrNOS/c22-15-11-9-14(10-12-15)21-13-18(16-5-1-3-7-19(16)24)23-17-6-2-4-8-20(17)25-21/h1-12,21,24H,13H2. The van der Waals surface area contributed by atoms with Crippen molar-refractivity contribution in [3.8, 4) is 5.75 Å². The Balaban J connectivity index is 1.82. The Hall–Kier alpha value is -2.04. The number of phenols is 1. The predicted octanol–water partition coefficient (Wildman–Crippen LogP) is 6.51. The summed E-state index contributed by atoms with van der Waals surface area (Å²) in [5.74, 6) is 0.278. The van der Waals surface area contributed by atoms with Crippen LogP contribution >= 0.6 is 27.7 Å². The maximum atomic E-state index is 10.3. The lowest BCUT2D eigenvalue weighted by molar-refractivity contribution is 0.474. The van der Waals surface area contributed by atoms with Crippen molar-refractivity contribution in [1.82, 2.24) is 0 Å². The molecule has 0 fully saturated rings. The summed E-state index contributed by atoms with van der Waals surface area (Å²) in [6, 6.07) is 24.1. The molecule has 0 aliphatic carbocycles. The number of aliphatic imine (C=N–C) groups is 1. The van der Waals surface area contributed by atoms with Crippen LogP contribution < -0.4 is 0 Å². The number of nitrogens with zero attached hydrogens (tertiary/aromatic N) is 1. The van der Waals surface area contributed by atoms with Crippen molar-refractivity contribution in [1.29, 1.82) is 0 Å². The van der Waals surface area contributed by atoms with E-state index >= 15 is 0 Å². The highest BCUT2D eigenvalue weighted by Gasteiger charge is 2.23. The van der Waals surface area contributed by atoms with Gasteiger partial charge in [-0.25, -0.2) is 0 Å². The number of hydrogen-bond acceptors (Lipinski definition) is 3. The Bertz CT molecular complexity index is 937. The number of halogens is 1. The molecule has 0 saturated carbocycles. The van der Waals surface area contributed by atoms with Gasteiger partial charge in [-0.05, 0) is 42.0 Å². The molecular formula is C21H16BrNOS. The van der Waals surface area contributed by atoms with E-state index in [0.717, 1.165) is 27.9 Å². The molecule has 2 nitrogen and oxygen atoms in total. The van der Waals surface area contributed by atoms with Crippen molar-refractivity contribution in [3.63, 3.8) is 0 Å². The highest BCUT2D eigenvalue weighted by atomic mass is 79.9. The summed E-state index contributed by atoms with van der Waals surface area (Å²) in [6.07, 6.45) is 0.762. The Morgan fingerprint density at radius 2 is 1.64 bits per heavy atom. The number of benzene rings is 3. The summed E-state index contributed by atoms with van der Waals surface area (Å²) in [6.45, 7) is 0. The molecule has 0 saturated heterocycles. The number of aromatic hydroxyl groups is 1. The molecule has 1 N–H and O–H groups in total. The first-order valence-electron chi connectivity index (χ1n) is 8.08. The maximum Gasteiger partial charge on any atom is 0.124 e. The van der Waals surface area contributed by atoms with Gasteiger partial charge in [-0.2, -0.15) is 0 Å². The molecule has 0 bridgehead atoms. The van der Waals surface area contributed by atoms with Crippen molar-refractivity contribution in [2.75, 3.05) is 0 Å². The third kappa shape index (κ3) is 3.51. The molecule has 1 heterocycles. The van der Waals surface area contributed by atoms with Gasteiger partial charge in [0.2, 0.25) is 0 Å². The van der Waals surface area contributed by atoms with Gasteiger partial charge in [0, 0.05) is 26.6 Å². The molecule has 0 radical (unpaired) electrons. The van der Waals surface area contributed by atoms with E-state index in [2.05, 4.69) is 46.3 Å². The maximum absolute atomic E-state index is 10.3. The topological polar surface area (TPSA) is 32.6 Å². The highest BCUT2D eigenvalue weighted by Crippen LogP contribution is 2.46. The van der Waals surface area contributed by atoms with Crippen molar-refractivity contribution in [2.24, 2.45) is 4.99 Å². The number of rotatable bonds is 2. The molecule has 1 aliphatic rings. The van der Waals surface area contributed by atoms with Gasteiger partial charge in [0.25, 0.3) is 0 Å². The molecule has 25 heavy (non-hydrogen) atoms. The number of fused-ring (bicyclic) bond motifs is 1. The molecule has 4 rings (SSSR count). The van der Waals surface area contributed by atoms with E-state index in [1.54, 1.807) is 6.07 Å². The second-order valence-corrected chi connectivity index (χ2v) is 8.07. The average molecular weight is 410 g/mol. The molecular weight excluding hydrogens is 394 g/mol. The normalized spacial score (nSPS) is 16.7. The van der Waals surface area contributed by atoms with E-state index < -0.39 is 0 Å². The summed E-state index contributed by atoms with van der Waals surface area (Å²) in [7, 11) is 0. The summed E-state index contributed by atoms with van der Waals surface area (Å²) in [5.41, 5.74) is 3.95. The van der Waals surface area contributed by atoms with Gasteiger partial charge in [-0.3, -0.25) is 4.99 Å². The van der Waals surface area contributed by atoms with E-state index in [-0.39, 0.29) is 11.0 Å². The van der Waals surface area contributed by atoms with Crippen LogP contribution in [0, 0.1) is 0 Å². The molecule has 3 aromatic carbocycles. The van der Waals surface area contributed by atoms with Gasteiger partial charge >= 0.3 is 0 Å². The van der Waals surface area contributed by atoms with Crippen LogP contribution in [0.15, 0.2) is 87.2 Å². The van der Waals surface area contributed by atoms with Gasteiger partial charge in [-0.15, -0.1) is 11.8 Å². The molecule has 0 spiro atoms. The molecule has 0 amide bonds. The Morgan fingerprint density at radius 1 is 0.920 bits per heavy atom. The first-order chi connectivity index (χ1) is 12.2. The molecule has 1 aliphatic heterocycles. The zero-order valence-electron chi connectivity index (χ0n) is 13.4. The SMILES string of the molecule is Oc1ccccc1C1=Nc2ccccc2SC(c2ccc(Br)cc2)C1. The molecule has 1 atom stereocenters. The minimum Gasteiger partial charge on any atom is -0.507 e. The van der Waals surface area contributed by atoms with Crippen molar-refractivity contribution < 1.29 is 5.11 Å². The molecule has 4 heteroatoms. The second-order valence-electron chi connectivity index (χ2n) is 5.91. The van der Waals surface area contributed by atoms with Crippen molar-refractivity contribution in [2.45, 2.75) is 16.6 Å². The number of thioether (sulfide) groups is 1. The fourth-order valence-corrected chi connectivity index (χ4v) is 4.46. The van der Waals surface area contributed by atoms with Crippen LogP contribution in [-0.2, 0) is 0 Å². The van der Waals surface area contributed by atoms with Gasteiger partial charge in [0.15, 0.2) is 0 Å². The summed E-state index contributed by atoms with van der Waals surface area (Å²) >= 11 is 5.33. The Morgan fingerprint density at radius 3 is 2.44 bits per heavy atom. The summed E-state index contributed by atoms with van der Waals surface area (Å²) in [5, 5.41) is 10.5. The zero-order valence-corrected chi connectivity index (χ0v) is 15.8. The molecule has 0 aromatic heterocycles. The van der Waals surface area contributed by atoms with Crippen LogP contribution in [0.4, 0.5) is 5.69 Å². The van der Waals surface area contributed by atoms with E-state index in [1.165, 1.54) is 10.5 Å². The fourth-order valence-electron chi connectivity index (χ4n) is 2.96. The quantitative estimate of drug-likeness (QED) is 0.522. The zero-order chi connectivity index (χ0) is 17.2. The third-order valence-corrected chi connectivity index (χ3v) is 6.08. The van der Waals surface area contributed by atoms with Gasteiger partial charge in [0.05, 0.1) is 11.4 Å². The van der Waals surface area contributed by atoms with Crippen molar-refractivity contribution >= 4 is 39.1 Å². The highest BCUT2D eigenvalue weighted by molar-refractivity contribution is 9.10. The van der Waals surface area contributed by atoms with Crippen LogP contribution in [-0.4, -0.2) is 10.8 Å². The lowest BCUT2D eigenvalue weighted by Crippen LogP contribution is -2.05. The van der Waals surface area contributed by atoms with Gasteiger partial charge in [-0.1, -0.05) is 52.3 Å². The fraction of sp³-hybridized carbons (Fsp3) is 0.0952. The van der Waals surface area contributed by atoms with E-state index in [9.17, 15) is 5.11 Å². The molecule has 1 unspecified atom stereocenters. The second kappa shape index (κ2) is 7.06. The number of phenolic OH excluding ortho intramolecular Hbond substituents is 1. The number of para-hydroxylation sites is 2. The van der Waals surface area contributed by atoms with Crippen LogP contribution in [0.1, 0.15) is 22.8 Å². The first kappa shape index (κ1) is 16.4. The van der Waals surface area contributed by atoms with Crippen molar-refractivity contribution in [3.05, 3.63) is 88.4 Å². The lowest BCUT2D eigenvalue weighted by atomic mass is 10.0. The smallest absolute Gasteiger partial charge is 0.124 e. The van der Waals surface area contributed by atoms with E-state index in [1.807, 2.05) is 48.2 Å². The van der Waals surface area contributed by atoms with Crippen LogP contribution in [0.3, 0.4) is 0 Å². The van der Waals surface area contributed by atoms with Crippen LogP contribution in [0.25, 0.3) is 0 Å². The van der Waals surface area contributed by atoms with Crippen LogP contribution in [0.2, 0.25) is 0 Å². The number of hydrogen-bond donors (Lipinski definition) is 1. The predicted molar refractivity (Wildman–Crippen MR) is 108 cm³/mol. The average Bonchev–Trinajstić information content (AvgIpc) is 2.82. The summed E-state index contributed by atoms with van der Waals surface area (Å²) in [4.78, 5) is 6.06. The monoisotopic (exact) mass is 409 g/mol. The minimum absolute atomic E-state index is 0.245. The molecule has 3 aromatic rings. The Kier molecular flexibility index (Phi) is 4.64. The molecule has 124 valence electrons. The Labute approximate surface area is 159 Å². The van der Waals surface area contributed by atoms with E-state index in [4.69, 9.17) is 4.99 Å².